The Morgan fingerprint density at radius 3 is 2.53 bits per heavy atom. The summed E-state index contributed by atoms with van der Waals surface area (Å²) in [5.74, 6) is -0.992. The summed E-state index contributed by atoms with van der Waals surface area (Å²) in [5.41, 5.74) is 4.91. The molecule has 0 aromatic carbocycles. The van der Waals surface area contributed by atoms with Gasteiger partial charge < -0.3 is 20.9 Å². The van der Waals surface area contributed by atoms with Crippen LogP contribution in [0.15, 0.2) is 0 Å². The molecule has 112 valence electrons. The molecule has 0 aromatic heterocycles. The number of rotatable bonds is 9. The summed E-state index contributed by atoms with van der Waals surface area (Å²) in [6, 6.07) is -0.824. The highest BCUT2D eigenvalue weighted by Gasteiger charge is 2.21. The van der Waals surface area contributed by atoms with Crippen molar-refractivity contribution in [1.82, 2.24) is 5.32 Å². The van der Waals surface area contributed by atoms with Crippen molar-refractivity contribution >= 4 is 12.1 Å². The van der Waals surface area contributed by atoms with E-state index >= 15 is 0 Å². The molecule has 0 saturated carbocycles. The molecule has 0 bridgehead atoms. The summed E-state index contributed by atoms with van der Waals surface area (Å²) in [5, 5.41) is 11.2. The number of nitrogens with two attached hydrogens (primary N) is 1. The fourth-order valence-corrected chi connectivity index (χ4v) is 1.74. The molecule has 0 fully saturated rings. The van der Waals surface area contributed by atoms with Crippen LogP contribution < -0.4 is 11.1 Å². The quantitative estimate of drug-likeness (QED) is 0.557. The molecule has 0 saturated heterocycles. The van der Waals surface area contributed by atoms with Gasteiger partial charge in [-0.25, -0.2) is 4.79 Å². The van der Waals surface area contributed by atoms with Crippen LogP contribution >= 0.6 is 0 Å². The predicted octanol–water partition coefficient (Wildman–Crippen LogP) is 1.87. The van der Waals surface area contributed by atoms with E-state index in [1.54, 1.807) is 0 Å². The van der Waals surface area contributed by atoms with Crippen molar-refractivity contribution in [2.75, 3.05) is 6.54 Å². The van der Waals surface area contributed by atoms with E-state index in [9.17, 15) is 9.59 Å². The third-order valence-electron chi connectivity index (χ3n) is 2.75. The van der Waals surface area contributed by atoms with Crippen molar-refractivity contribution in [2.24, 2.45) is 5.73 Å². The second kappa shape index (κ2) is 8.74. The Bertz CT molecular complexity index is 292. The number of ether oxygens (including phenoxy) is 1. The van der Waals surface area contributed by atoms with Crippen LogP contribution in [-0.4, -0.2) is 35.4 Å². The minimum absolute atomic E-state index is 0.410. The monoisotopic (exact) mass is 274 g/mol. The summed E-state index contributed by atoms with van der Waals surface area (Å²) in [7, 11) is 0. The van der Waals surface area contributed by atoms with Crippen LogP contribution in [0.4, 0.5) is 4.79 Å². The first-order valence-corrected chi connectivity index (χ1v) is 6.73. The van der Waals surface area contributed by atoms with Gasteiger partial charge in [0.2, 0.25) is 0 Å². The first kappa shape index (κ1) is 17.7. The molecule has 1 atom stereocenters. The maximum Gasteiger partial charge on any atom is 0.407 e. The van der Waals surface area contributed by atoms with Gasteiger partial charge in [0, 0.05) is 6.54 Å². The van der Waals surface area contributed by atoms with Gasteiger partial charge in [0.15, 0.2) is 0 Å². The van der Waals surface area contributed by atoms with E-state index in [0.717, 1.165) is 12.8 Å². The minimum Gasteiger partial charge on any atom is -0.480 e. The van der Waals surface area contributed by atoms with Crippen LogP contribution in [0.1, 0.15) is 52.9 Å². The van der Waals surface area contributed by atoms with Crippen LogP contribution in [0, 0.1) is 0 Å². The lowest BCUT2D eigenvalue weighted by Crippen LogP contribution is -2.35. The van der Waals surface area contributed by atoms with Crippen molar-refractivity contribution in [2.45, 2.75) is 64.5 Å². The molecule has 0 aliphatic carbocycles. The van der Waals surface area contributed by atoms with Gasteiger partial charge >= 0.3 is 12.1 Å². The Labute approximate surface area is 114 Å². The van der Waals surface area contributed by atoms with Gasteiger partial charge in [0.05, 0.1) is 0 Å². The second-order valence-corrected chi connectivity index (χ2v) is 5.27. The van der Waals surface area contributed by atoms with E-state index in [4.69, 9.17) is 15.6 Å². The number of amides is 1. The number of hydrogen-bond donors (Lipinski definition) is 3. The second-order valence-electron chi connectivity index (χ2n) is 5.27. The summed E-state index contributed by atoms with van der Waals surface area (Å²) in [6.07, 6.45) is 3.09. The van der Waals surface area contributed by atoms with Crippen molar-refractivity contribution in [3.8, 4) is 0 Å². The highest BCUT2D eigenvalue weighted by Crippen LogP contribution is 2.16. The van der Waals surface area contributed by atoms with Crippen molar-refractivity contribution in [1.29, 1.82) is 0 Å². The summed E-state index contributed by atoms with van der Waals surface area (Å²) in [6.45, 7) is 6.26. The standard InChI is InChI=1S/C13H26N2O4/c1-4-8-13(2,3)19-12(18)15-9-6-5-7-10(14)11(16)17/h10H,4-9,14H2,1-3H3,(H,15,18)(H,16,17)/t10-/m0/s1. The molecule has 0 aliphatic rings. The Hall–Kier alpha value is -1.30. The van der Waals surface area contributed by atoms with E-state index in [0.29, 0.717) is 25.8 Å². The molecule has 0 rings (SSSR count). The molecule has 0 spiro atoms. The smallest absolute Gasteiger partial charge is 0.407 e. The van der Waals surface area contributed by atoms with Gasteiger partial charge in [-0.3, -0.25) is 4.79 Å². The minimum atomic E-state index is -0.992. The highest BCUT2D eigenvalue weighted by atomic mass is 16.6. The lowest BCUT2D eigenvalue weighted by atomic mass is 10.0. The molecule has 6 nitrogen and oxygen atoms in total. The Morgan fingerprint density at radius 1 is 1.37 bits per heavy atom. The number of unbranched alkanes of at least 4 members (excludes halogenated alkanes) is 1. The normalized spacial score (nSPS) is 12.8. The van der Waals surface area contributed by atoms with E-state index in [1.165, 1.54) is 0 Å². The average molecular weight is 274 g/mol. The summed E-state index contributed by atoms with van der Waals surface area (Å²) >= 11 is 0. The Balaban J connectivity index is 3.67. The molecule has 4 N–H and O–H groups in total. The summed E-state index contributed by atoms with van der Waals surface area (Å²) < 4.78 is 5.28. The highest BCUT2D eigenvalue weighted by molar-refractivity contribution is 5.72. The van der Waals surface area contributed by atoms with Crippen LogP contribution in [0.3, 0.4) is 0 Å². The molecular weight excluding hydrogens is 248 g/mol. The first-order chi connectivity index (χ1) is 8.78. The van der Waals surface area contributed by atoms with Gasteiger partial charge in [-0.2, -0.15) is 0 Å². The maximum absolute atomic E-state index is 11.5. The van der Waals surface area contributed by atoms with Gasteiger partial charge in [0.1, 0.15) is 11.6 Å². The molecule has 0 unspecified atom stereocenters. The van der Waals surface area contributed by atoms with E-state index < -0.39 is 23.7 Å². The van der Waals surface area contributed by atoms with Crippen LogP contribution in [-0.2, 0) is 9.53 Å². The molecule has 1 amide bonds. The number of carbonyl (C=O) groups is 2. The van der Waals surface area contributed by atoms with Crippen LogP contribution in [0.2, 0.25) is 0 Å². The SMILES string of the molecule is CCCC(C)(C)OC(=O)NCCCC[C@H](N)C(=O)O. The van der Waals surface area contributed by atoms with Crippen molar-refractivity contribution in [3.05, 3.63) is 0 Å². The topological polar surface area (TPSA) is 102 Å². The Kier molecular flexibility index (Phi) is 8.14. The van der Waals surface area contributed by atoms with Crippen molar-refractivity contribution < 1.29 is 19.4 Å². The fourth-order valence-electron chi connectivity index (χ4n) is 1.74. The molecule has 0 aliphatic heterocycles. The van der Waals surface area contributed by atoms with E-state index in [1.807, 2.05) is 20.8 Å². The van der Waals surface area contributed by atoms with Crippen LogP contribution in [0.25, 0.3) is 0 Å². The number of carbonyl (C=O) groups excluding carboxylic acids is 1. The number of nitrogens with one attached hydrogen (secondary N) is 1. The van der Waals surface area contributed by atoms with Crippen molar-refractivity contribution in [3.63, 3.8) is 0 Å². The summed E-state index contributed by atoms with van der Waals surface area (Å²) in [4.78, 5) is 22.0. The maximum atomic E-state index is 11.5. The van der Waals surface area contributed by atoms with Gasteiger partial charge in [-0.15, -0.1) is 0 Å². The van der Waals surface area contributed by atoms with E-state index in [-0.39, 0.29) is 0 Å². The lowest BCUT2D eigenvalue weighted by molar-refractivity contribution is -0.138. The molecule has 0 aromatic rings. The number of alkyl carbamates (subject to hydrolysis) is 1. The third-order valence-corrected chi connectivity index (χ3v) is 2.75. The number of hydrogen-bond acceptors (Lipinski definition) is 4. The fraction of sp³-hybridized carbons (Fsp3) is 0.846. The largest absolute Gasteiger partial charge is 0.480 e. The Morgan fingerprint density at radius 2 is 2.00 bits per heavy atom. The van der Waals surface area contributed by atoms with Gasteiger partial charge in [-0.05, 0) is 39.5 Å². The number of carboxylic acid groups (broad SMARTS) is 1. The zero-order valence-corrected chi connectivity index (χ0v) is 12.1. The van der Waals surface area contributed by atoms with Gasteiger partial charge in [-0.1, -0.05) is 13.3 Å². The molecule has 0 heterocycles. The molecule has 6 heteroatoms. The van der Waals surface area contributed by atoms with Crippen LogP contribution in [0.5, 0.6) is 0 Å². The molecule has 0 radical (unpaired) electrons. The molecular formula is C13H26N2O4. The average Bonchev–Trinajstić information content (AvgIpc) is 2.27. The predicted molar refractivity (Wildman–Crippen MR) is 72.9 cm³/mol. The third kappa shape index (κ3) is 9.30. The number of aliphatic carboxylic acids is 1. The lowest BCUT2D eigenvalue weighted by Gasteiger charge is -2.24. The zero-order valence-electron chi connectivity index (χ0n) is 12.1. The number of carboxylic acids is 1. The zero-order chi connectivity index (χ0) is 14.9. The molecule has 19 heavy (non-hydrogen) atoms. The van der Waals surface area contributed by atoms with Gasteiger partial charge in [0.25, 0.3) is 0 Å². The first-order valence-electron chi connectivity index (χ1n) is 6.73. The van der Waals surface area contributed by atoms with E-state index in [2.05, 4.69) is 5.32 Å².